The number of ether oxygens (including phenoxy) is 1. The van der Waals surface area contributed by atoms with Crippen LogP contribution in [0.3, 0.4) is 0 Å². The summed E-state index contributed by atoms with van der Waals surface area (Å²) in [5, 5.41) is 8.77. The molecule has 0 unspecified atom stereocenters. The number of aliphatic hydroxyl groups excluding tert-OH is 1. The highest BCUT2D eigenvalue weighted by Crippen LogP contribution is 2.30. The van der Waals surface area contributed by atoms with Crippen LogP contribution in [-0.2, 0) is 6.54 Å². The molecule has 0 atom stereocenters. The van der Waals surface area contributed by atoms with E-state index in [4.69, 9.17) is 9.84 Å². The van der Waals surface area contributed by atoms with Crippen molar-refractivity contribution in [3.63, 3.8) is 0 Å². The van der Waals surface area contributed by atoms with Gasteiger partial charge >= 0.3 is 0 Å². The molecule has 1 aliphatic rings. The Morgan fingerprint density at radius 1 is 1.40 bits per heavy atom. The maximum absolute atomic E-state index is 8.77. The third-order valence-electron chi connectivity index (χ3n) is 3.59. The predicted octanol–water partition coefficient (Wildman–Crippen LogP) is 2.41. The zero-order valence-corrected chi connectivity index (χ0v) is 12.4. The molecular weight excluding hydrogens is 250 g/mol. The minimum absolute atomic E-state index is 0.112. The minimum atomic E-state index is 0.112. The van der Waals surface area contributed by atoms with Gasteiger partial charge < -0.3 is 9.84 Å². The van der Waals surface area contributed by atoms with E-state index in [0.717, 1.165) is 30.4 Å². The van der Waals surface area contributed by atoms with E-state index in [2.05, 4.69) is 29.7 Å². The summed E-state index contributed by atoms with van der Waals surface area (Å²) in [6.07, 6.45) is 3.14. The van der Waals surface area contributed by atoms with Crippen LogP contribution in [0.5, 0.6) is 5.75 Å². The first-order chi connectivity index (χ1) is 9.78. The van der Waals surface area contributed by atoms with Crippen molar-refractivity contribution in [1.82, 2.24) is 4.90 Å². The van der Waals surface area contributed by atoms with Crippen molar-refractivity contribution in [3.05, 3.63) is 29.3 Å². The normalized spacial score (nSPS) is 14.0. The maximum atomic E-state index is 8.77. The fraction of sp³-hybridized carbons (Fsp3) is 0.529. The smallest absolute Gasteiger partial charge is 0.123 e. The largest absolute Gasteiger partial charge is 0.496 e. The molecule has 108 valence electrons. The van der Waals surface area contributed by atoms with Gasteiger partial charge in [-0.2, -0.15) is 0 Å². The highest BCUT2D eigenvalue weighted by Gasteiger charge is 2.28. The molecule has 1 saturated carbocycles. The molecule has 2 rings (SSSR count). The number of hydrogen-bond donors (Lipinski definition) is 1. The van der Waals surface area contributed by atoms with Gasteiger partial charge in [-0.15, -0.1) is 0 Å². The van der Waals surface area contributed by atoms with E-state index in [9.17, 15) is 0 Å². The molecule has 0 aromatic heterocycles. The average molecular weight is 273 g/mol. The van der Waals surface area contributed by atoms with Crippen molar-refractivity contribution < 1.29 is 9.84 Å². The number of aliphatic hydroxyl groups is 1. The van der Waals surface area contributed by atoms with E-state index in [1.165, 1.54) is 18.4 Å². The standard InChI is InChI=1S/C17H23NO2/c1-3-18(16-8-9-16)13-15-12-14(6-4-5-11-19)7-10-17(15)20-2/h7,10,12,16,19H,3,5,8-9,11,13H2,1-2H3. The molecule has 0 saturated heterocycles. The van der Waals surface area contributed by atoms with E-state index in [1.54, 1.807) is 7.11 Å². The lowest BCUT2D eigenvalue weighted by molar-refractivity contribution is 0.264. The molecule has 1 aliphatic carbocycles. The molecular formula is C17H23NO2. The molecule has 0 aliphatic heterocycles. The fourth-order valence-corrected chi connectivity index (χ4v) is 2.36. The Balaban J connectivity index is 2.15. The van der Waals surface area contributed by atoms with Gasteiger partial charge in [-0.1, -0.05) is 18.8 Å². The first-order valence-corrected chi connectivity index (χ1v) is 7.29. The van der Waals surface area contributed by atoms with Gasteiger partial charge in [0.05, 0.1) is 13.7 Å². The molecule has 1 aromatic rings. The zero-order chi connectivity index (χ0) is 14.4. The molecule has 20 heavy (non-hydrogen) atoms. The van der Waals surface area contributed by atoms with Crippen LogP contribution >= 0.6 is 0 Å². The Kier molecular flexibility index (Phi) is 5.46. The van der Waals surface area contributed by atoms with Gasteiger partial charge in [-0.05, 0) is 37.6 Å². The summed E-state index contributed by atoms with van der Waals surface area (Å²) in [5.41, 5.74) is 2.18. The molecule has 3 heteroatoms. The monoisotopic (exact) mass is 273 g/mol. The van der Waals surface area contributed by atoms with Crippen molar-refractivity contribution in [2.75, 3.05) is 20.3 Å². The number of rotatable bonds is 6. The maximum Gasteiger partial charge on any atom is 0.123 e. The van der Waals surface area contributed by atoms with Gasteiger partial charge in [-0.3, -0.25) is 4.90 Å². The Morgan fingerprint density at radius 3 is 2.80 bits per heavy atom. The van der Waals surface area contributed by atoms with Crippen molar-refractivity contribution in [1.29, 1.82) is 0 Å². The summed E-state index contributed by atoms with van der Waals surface area (Å²) in [4.78, 5) is 2.49. The number of nitrogens with zero attached hydrogens (tertiary/aromatic N) is 1. The quantitative estimate of drug-likeness (QED) is 0.808. The SMILES string of the molecule is CCN(Cc1cc(C#CCCO)ccc1OC)C1CC1. The van der Waals surface area contributed by atoms with Crippen molar-refractivity contribution in [3.8, 4) is 17.6 Å². The van der Waals surface area contributed by atoms with Crippen molar-refractivity contribution >= 4 is 0 Å². The summed E-state index contributed by atoms with van der Waals surface area (Å²) >= 11 is 0. The minimum Gasteiger partial charge on any atom is -0.496 e. The summed E-state index contributed by atoms with van der Waals surface area (Å²) in [5.74, 6) is 6.98. The topological polar surface area (TPSA) is 32.7 Å². The first kappa shape index (κ1) is 14.9. The van der Waals surface area contributed by atoms with Gasteiger partial charge in [-0.25, -0.2) is 0 Å². The zero-order valence-electron chi connectivity index (χ0n) is 12.4. The third kappa shape index (κ3) is 4.00. The second-order valence-corrected chi connectivity index (χ2v) is 5.10. The molecule has 0 amide bonds. The predicted molar refractivity (Wildman–Crippen MR) is 80.7 cm³/mol. The van der Waals surface area contributed by atoms with Crippen LogP contribution < -0.4 is 4.74 Å². The van der Waals surface area contributed by atoms with Gasteiger partial charge in [0.1, 0.15) is 5.75 Å². The summed E-state index contributed by atoms with van der Waals surface area (Å²) in [7, 11) is 1.71. The second kappa shape index (κ2) is 7.33. The fourth-order valence-electron chi connectivity index (χ4n) is 2.36. The lowest BCUT2D eigenvalue weighted by atomic mass is 10.1. The van der Waals surface area contributed by atoms with Crippen LogP contribution in [0.1, 0.15) is 37.3 Å². The highest BCUT2D eigenvalue weighted by molar-refractivity contribution is 5.44. The molecule has 3 nitrogen and oxygen atoms in total. The van der Waals surface area contributed by atoms with Crippen LogP contribution in [0.4, 0.5) is 0 Å². The van der Waals surface area contributed by atoms with Crippen LogP contribution in [-0.4, -0.2) is 36.3 Å². The van der Waals surface area contributed by atoms with Gasteiger partial charge in [0.15, 0.2) is 0 Å². The van der Waals surface area contributed by atoms with Gasteiger partial charge in [0.25, 0.3) is 0 Å². The molecule has 0 heterocycles. The summed E-state index contributed by atoms with van der Waals surface area (Å²) in [6.45, 7) is 4.30. The highest BCUT2D eigenvalue weighted by atomic mass is 16.5. The lowest BCUT2D eigenvalue weighted by Crippen LogP contribution is -2.25. The number of hydrogen-bond acceptors (Lipinski definition) is 3. The van der Waals surface area contributed by atoms with Gasteiger partial charge in [0.2, 0.25) is 0 Å². The van der Waals surface area contributed by atoms with E-state index in [-0.39, 0.29) is 6.61 Å². The summed E-state index contributed by atoms with van der Waals surface area (Å²) < 4.78 is 5.46. The Bertz CT molecular complexity index is 497. The Labute approximate surface area is 121 Å². The van der Waals surface area contributed by atoms with Crippen LogP contribution in [0, 0.1) is 11.8 Å². The first-order valence-electron chi connectivity index (χ1n) is 7.29. The Hall–Kier alpha value is -1.50. The van der Waals surface area contributed by atoms with Gasteiger partial charge in [0, 0.05) is 30.1 Å². The molecule has 1 N–H and O–H groups in total. The van der Waals surface area contributed by atoms with Crippen LogP contribution in [0.15, 0.2) is 18.2 Å². The van der Waals surface area contributed by atoms with E-state index in [1.807, 2.05) is 12.1 Å². The molecule has 0 spiro atoms. The number of benzene rings is 1. The Morgan fingerprint density at radius 2 is 2.20 bits per heavy atom. The van der Waals surface area contributed by atoms with Crippen molar-refractivity contribution in [2.45, 2.75) is 38.8 Å². The summed E-state index contributed by atoms with van der Waals surface area (Å²) in [6, 6.07) is 6.81. The van der Waals surface area contributed by atoms with Crippen molar-refractivity contribution in [2.24, 2.45) is 0 Å². The lowest BCUT2D eigenvalue weighted by Gasteiger charge is -2.21. The molecule has 1 fully saturated rings. The number of methoxy groups -OCH3 is 1. The third-order valence-corrected chi connectivity index (χ3v) is 3.59. The molecule has 0 bridgehead atoms. The molecule has 1 aromatic carbocycles. The van der Waals surface area contributed by atoms with E-state index < -0.39 is 0 Å². The van der Waals surface area contributed by atoms with Crippen LogP contribution in [0.25, 0.3) is 0 Å². The van der Waals surface area contributed by atoms with Crippen LogP contribution in [0.2, 0.25) is 0 Å². The molecule has 0 radical (unpaired) electrons. The second-order valence-electron chi connectivity index (χ2n) is 5.10. The average Bonchev–Trinajstić information content (AvgIpc) is 3.30. The van der Waals surface area contributed by atoms with E-state index >= 15 is 0 Å². The van der Waals surface area contributed by atoms with E-state index in [0.29, 0.717) is 6.42 Å².